The Balaban J connectivity index is 2.31. The number of anilines is 1. The van der Waals surface area contributed by atoms with E-state index in [1.54, 1.807) is 7.11 Å². The van der Waals surface area contributed by atoms with Crippen LogP contribution in [0.3, 0.4) is 0 Å². The number of rotatable bonds is 6. The van der Waals surface area contributed by atoms with E-state index in [0.717, 1.165) is 34.7 Å². The molecule has 0 amide bonds. The molecule has 0 unspecified atom stereocenters. The van der Waals surface area contributed by atoms with Gasteiger partial charge in [0.2, 0.25) is 0 Å². The van der Waals surface area contributed by atoms with Crippen molar-refractivity contribution in [1.82, 2.24) is 0 Å². The van der Waals surface area contributed by atoms with Crippen molar-refractivity contribution in [2.24, 2.45) is 0 Å². The van der Waals surface area contributed by atoms with E-state index in [2.05, 4.69) is 22.0 Å². The zero-order valence-corrected chi connectivity index (χ0v) is 11.2. The number of ether oxygens (including phenoxy) is 1. The quantitative estimate of drug-likeness (QED) is 0.645. The molecule has 4 heteroatoms. The van der Waals surface area contributed by atoms with Crippen LogP contribution in [0, 0.1) is 0 Å². The highest BCUT2D eigenvalue weighted by atomic mass is 79.9. The van der Waals surface area contributed by atoms with Crippen LogP contribution in [0.1, 0.15) is 12.0 Å². The number of hydrogen-bond donors (Lipinski definition) is 1. The number of halogens is 1. The number of methoxy groups -OCH3 is 1. The van der Waals surface area contributed by atoms with Crippen LogP contribution >= 0.6 is 27.7 Å². The summed E-state index contributed by atoms with van der Waals surface area (Å²) in [6, 6.07) is 6.05. The van der Waals surface area contributed by atoms with Gasteiger partial charge in [-0.05, 0) is 29.9 Å². The van der Waals surface area contributed by atoms with Gasteiger partial charge in [-0.2, -0.15) is 11.8 Å². The van der Waals surface area contributed by atoms with Crippen molar-refractivity contribution in [3.05, 3.63) is 28.2 Å². The lowest BCUT2D eigenvalue weighted by Crippen LogP contribution is -1.94. The summed E-state index contributed by atoms with van der Waals surface area (Å²) >= 11 is 5.29. The van der Waals surface area contributed by atoms with E-state index in [1.165, 1.54) is 5.56 Å². The molecule has 0 saturated carbocycles. The van der Waals surface area contributed by atoms with Crippen LogP contribution in [0.2, 0.25) is 0 Å². The first-order chi connectivity index (χ1) is 7.24. The molecule has 0 bridgehead atoms. The van der Waals surface area contributed by atoms with E-state index in [-0.39, 0.29) is 0 Å². The first-order valence-electron chi connectivity index (χ1n) is 4.84. The summed E-state index contributed by atoms with van der Waals surface area (Å²) in [5.74, 6) is 2.09. The molecule has 1 aromatic carbocycles. The molecule has 0 aromatic heterocycles. The largest absolute Gasteiger partial charge is 0.398 e. The van der Waals surface area contributed by atoms with Gasteiger partial charge in [-0.25, -0.2) is 0 Å². The van der Waals surface area contributed by atoms with Gasteiger partial charge in [0.1, 0.15) is 0 Å². The predicted molar refractivity (Wildman–Crippen MR) is 71.2 cm³/mol. The standard InChI is InChI=1S/C11H16BrNOS/c1-14-5-2-6-15-8-9-3-4-10(12)7-11(9)13/h3-4,7H,2,5-6,8,13H2,1H3. The number of nitrogens with two attached hydrogens (primary N) is 1. The molecule has 2 N–H and O–H groups in total. The van der Waals surface area contributed by atoms with E-state index in [4.69, 9.17) is 10.5 Å². The molecule has 15 heavy (non-hydrogen) atoms. The summed E-state index contributed by atoms with van der Waals surface area (Å²) < 4.78 is 6.02. The van der Waals surface area contributed by atoms with E-state index in [0.29, 0.717) is 0 Å². The van der Waals surface area contributed by atoms with Crippen molar-refractivity contribution in [2.75, 3.05) is 25.2 Å². The maximum absolute atomic E-state index is 5.89. The van der Waals surface area contributed by atoms with Gasteiger partial charge >= 0.3 is 0 Å². The third-order valence-electron chi connectivity index (χ3n) is 2.00. The van der Waals surface area contributed by atoms with Crippen molar-refractivity contribution in [3.63, 3.8) is 0 Å². The van der Waals surface area contributed by atoms with Crippen LogP contribution < -0.4 is 5.73 Å². The lowest BCUT2D eigenvalue weighted by atomic mass is 10.2. The average molecular weight is 290 g/mol. The summed E-state index contributed by atoms with van der Waals surface area (Å²) in [6.07, 6.45) is 1.09. The van der Waals surface area contributed by atoms with Gasteiger partial charge in [0.15, 0.2) is 0 Å². The molecule has 0 heterocycles. The van der Waals surface area contributed by atoms with Gasteiger partial charge in [0.25, 0.3) is 0 Å². The molecule has 1 aromatic rings. The van der Waals surface area contributed by atoms with Gasteiger partial charge < -0.3 is 10.5 Å². The van der Waals surface area contributed by atoms with Crippen molar-refractivity contribution < 1.29 is 4.74 Å². The van der Waals surface area contributed by atoms with Gasteiger partial charge in [-0.1, -0.05) is 22.0 Å². The van der Waals surface area contributed by atoms with Crippen LogP contribution in [0.25, 0.3) is 0 Å². The van der Waals surface area contributed by atoms with Crippen molar-refractivity contribution in [2.45, 2.75) is 12.2 Å². The van der Waals surface area contributed by atoms with E-state index < -0.39 is 0 Å². The second-order valence-corrected chi connectivity index (χ2v) is 5.26. The van der Waals surface area contributed by atoms with Gasteiger partial charge in [0.05, 0.1) is 0 Å². The molecule has 0 aliphatic heterocycles. The minimum atomic E-state index is 0.836. The predicted octanol–water partition coefficient (Wildman–Crippen LogP) is 3.30. The van der Waals surface area contributed by atoms with E-state index >= 15 is 0 Å². The van der Waals surface area contributed by atoms with Crippen LogP contribution in [0.4, 0.5) is 5.69 Å². The smallest absolute Gasteiger partial charge is 0.0470 e. The highest BCUT2D eigenvalue weighted by molar-refractivity contribution is 9.10. The van der Waals surface area contributed by atoms with Gasteiger partial charge in [0, 0.05) is 29.6 Å². The minimum absolute atomic E-state index is 0.836. The second kappa shape index (κ2) is 7.14. The van der Waals surface area contributed by atoms with Crippen molar-refractivity contribution in [1.29, 1.82) is 0 Å². The zero-order chi connectivity index (χ0) is 11.1. The molecule has 1 rings (SSSR count). The molecular weight excluding hydrogens is 274 g/mol. The Kier molecular flexibility index (Phi) is 6.13. The van der Waals surface area contributed by atoms with Crippen LogP contribution in [0.15, 0.2) is 22.7 Å². The first kappa shape index (κ1) is 12.9. The fourth-order valence-electron chi connectivity index (χ4n) is 1.18. The third kappa shape index (κ3) is 4.91. The lowest BCUT2D eigenvalue weighted by molar-refractivity contribution is 0.200. The Labute approximate surface area is 104 Å². The molecule has 2 nitrogen and oxygen atoms in total. The maximum atomic E-state index is 5.89. The Morgan fingerprint density at radius 2 is 2.27 bits per heavy atom. The summed E-state index contributed by atoms with van der Waals surface area (Å²) in [7, 11) is 1.73. The lowest BCUT2D eigenvalue weighted by Gasteiger charge is -2.05. The average Bonchev–Trinajstić information content (AvgIpc) is 2.20. The minimum Gasteiger partial charge on any atom is -0.398 e. The Hall–Kier alpha value is -0.190. The molecule has 0 aliphatic rings. The van der Waals surface area contributed by atoms with Crippen LogP contribution in [-0.2, 0) is 10.5 Å². The topological polar surface area (TPSA) is 35.2 Å². The Morgan fingerprint density at radius 1 is 1.47 bits per heavy atom. The number of thioether (sulfide) groups is 1. The Bertz CT molecular complexity index is 307. The summed E-state index contributed by atoms with van der Waals surface area (Å²) in [5.41, 5.74) is 7.97. The Morgan fingerprint density at radius 3 is 2.93 bits per heavy atom. The summed E-state index contributed by atoms with van der Waals surface area (Å²) in [6.45, 7) is 0.836. The number of benzene rings is 1. The molecule has 0 spiro atoms. The highest BCUT2D eigenvalue weighted by Crippen LogP contribution is 2.22. The number of hydrogen-bond acceptors (Lipinski definition) is 3. The molecule has 84 valence electrons. The fourth-order valence-corrected chi connectivity index (χ4v) is 2.51. The van der Waals surface area contributed by atoms with E-state index in [1.807, 2.05) is 23.9 Å². The van der Waals surface area contributed by atoms with Crippen molar-refractivity contribution >= 4 is 33.4 Å². The van der Waals surface area contributed by atoms with Crippen LogP contribution in [0.5, 0.6) is 0 Å². The molecule has 0 atom stereocenters. The monoisotopic (exact) mass is 289 g/mol. The number of nitrogen functional groups attached to an aromatic ring is 1. The summed E-state index contributed by atoms with van der Waals surface area (Å²) in [4.78, 5) is 0. The molecule has 0 radical (unpaired) electrons. The van der Waals surface area contributed by atoms with Gasteiger partial charge in [-0.3, -0.25) is 0 Å². The maximum Gasteiger partial charge on any atom is 0.0470 e. The zero-order valence-electron chi connectivity index (χ0n) is 8.83. The van der Waals surface area contributed by atoms with Crippen LogP contribution in [-0.4, -0.2) is 19.5 Å². The normalized spacial score (nSPS) is 10.5. The second-order valence-electron chi connectivity index (χ2n) is 3.24. The summed E-state index contributed by atoms with van der Waals surface area (Å²) in [5, 5.41) is 0. The fraction of sp³-hybridized carbons (Fsp3) is 0.455. The van der Waals surface area contributed by atoms with Gasteiger partial charge in [-0.15, -0.1) is 0 Å². The van der Waals surface area contributed by atoms with Crippen molar-refractivity contribution in [3.8, 4) is 0 Å². The van der Waals surface area contributed by atoms with E-state index in [9.17, 15) is 0 Å². The molecule has 0 aliphatic carbocycles. The molecular formula is C11H16BrNOS. The molecule has 0 fully saturated rings. The highest BCUT2D eigenvalue weighted by Gasteiger charge is 1.99. The first-order valence-corrected chi connectivity index (χ1v) is 6.79. The SMILES string of the molecule is COCCCSCc1ccc(Br)cc1N. The molecule has 0 saturated heterocycles. The third-order valence-corrected chi connectivity index (χ3v) is 3.59.